The molecule has 0 fully saturated rings. The molecule has 0 bridgehead atoms. The molecule has 0 saturated heterocycles. The Kier molecular flexibility index (Phi) is 7.12. The predicted octanol–water partition coefficient (Wildman–Crippen LogP) is 6.39. The highest BCUT2D eigenvalue weighted by Crippen LogP contribution is 2.47. The zero-order valence-electron chi connectivity index (χ0n) is 20.3. The molecule has 0 saturated carbocycles. The number of Topliss-reactive ketones (excluding diaryl/α,β-unsaturated/α-hetero) is 1. The number of halogens is 1. The van der Waals surface area contributed by atoms with Crippen LogP contribution in [0.25, 0.3) is 0 Å². The first-order valence-electron chi connectivity index (χ1n) is 11.5. The van der Waals surface area contributed by atoms with E-state index in [4.69, 9.17) is 11.6 Å². The lowest BCUT2D eigenvalue weighted by molar-refractivity contribution is -0.118. The predicted molar refractivity (Wildman–Crippen MR) is 142 cm³/mol. The number of amides is 1. The third-order valence-electron chi connectivity index (χ3n) is 6.34. The Morgan fingerprint density at radius 1 is 1.20 bits per heavy atom. The number of hydrogen-bond donors (Lipinski definition) is 2. The van der Waals surface area contributed by atoms with Gasteiger partial charge in [0, 0.05) is 28.4 Å². The smallest absolute Gasteiger partial charge is 0.234 e. The zero-order valence-corrected chi connectivity index (χ0v) is 21.9. The molecule has 2 N–H and O–H groups in total. The van der Waals surface area contributed by atoms with Crippen LogP contribution in [0.15, 0.2) is 64.3 Å². The summed E-state index contributed by atoms with van der Waals surface area (Å²) >= 11 is 7.40. The number of nitrogens with zero attached hydrogens (tertiary/aromatic N) is 1. The quantitative estimate of drug-likeness (QED) is 0.491. The summed E-state index contributed by atoms with van der Waals surface area (Å²) in [6, 6.07) is 15.5. The van der Waals surface area contributed by atoms with Crippen molar-refractivity contribution in [3.63, 3.8) is 0 Å². The van der Waals surface area contributed by atoms with Gasteiger partial charge in [-0.25, -0.2) is 0 Å². The van der Waals surface area contributed by atoms with Crippen LogP contribution in [0.2, 0.25) is 5.02 Å². The molecule has 180 valence electrons. The molecule has 2 aromatic rings. The van der Waals surface area contributed by atoms with Gasteiger partial charge in [-0.3, -0.25) is 9.59 Å². The van der Waals surface area contributed by atoms with Crippen LogP contribution in [0, 0.1) is 30.6 Å². The van der Waals surface area contributed by atoms with Crippen molar-refractivity contribution in [3.05, 3.63) is 86.0 Å². The third kappa shape index (κ3) is 5.47. The van der Waals surface area contributed by atoms with E-state index in [-0.39, 0.29) is 22.9 Å². The average molecular weight is 506 g/mol. The molecule has 1 aliphatic heterocycles. The van der Waals surface area contributed by atoms with Gasteiger partial charge in [0.2, 0.25) is 5.91 Å². The summed E-state index contributed by atoms with van der Waals surface area (Å²) in [6.45, 7) is 8.08. The van der Waals surface area contributed by atoms with Crippen molar-refractivity contribution in [2.45, 2.75) is 46.5 Å². The van der Waals surface area contributed by atoms with E-state index >= 15 is 0 Å². The second-order valence-electron chi connectivity index (χ2n) is 9.95. The Bertz CT molecular complexity index is 1300. The lowest BCUT2D eigenvalue weighted by atomic mass is 9.69. The summed E-state index contributed by atoms with van der Waals surface area (Å²) in [4.78, 5) is 26.1. The second-order valence-corrected chi connectivity index (χ2v) is 11.4. The number of rotatable bonds is 5. The zero-order chi connectivity index (χ0) is 25.3. The van der Waals surface area contributed by atoms with Crippen molar-refractivity contribution >= 4 is 40.7 Å². The Balaban J connectivity index is 1.65. The monoisotopic (exact) mass is 505 g/mol. The molecule has 2 aromatic carbocycles. The largest absolute Gasteiger partial charge is 0.352 e. The van der Waals surface area contributed by atoms with Crippen LogP contribution >= 0.6 is 23.4 Å². The highest BCUT2D eigenvalue weighted by molar-refractivity contribution is 8.03. The summed E-state index contributed by atoms with van der Waals surface area (Å²) in [5.41, 5.74) is 5.42. The standard InChI is InChI=1S/C28H28ClN3O2S/c1-16-5-6-17(2)21(11-16)31-24(34)15-35-27-20(14-30)25(18-7-9-19(29)10-8-18)26-22(32-27)12-28(3,4)13-23(26)33/h5-11,25,32H,12-13,15H2,1-4H3,(H,31,34)/t25-/m0/s1. The molecule has 2 aliphatic rings. The van der Waals surface area contributed by atoms with Crippen molar-refractivity contribution in [3.8, 4) is 6.07 Å². The van der Waals surface area contributed by atoms with Crippen molar-refractivity contribution in [2.75, 3.05) is 11.1 Å². The highest BCUT2D eigenvalue weighted by Gasteiger charge is 2.41. The van der Waals surface area contributed by atoms with Gasteiger partial charge in [-0.05, 0) is 60.6 Å². The van der Waals surface area contributed by atoms with Gasteiger partial charge in [-0.15, -0.1) is 0 Å². The van der Waals surface area contributed by atoms with Crippen molar-refractivity contribution < 1.29 is 9.59 Å². The maximum absolute atomic E-state index is 13.3. The maximum Gasteiger partial charge on any atom is 0.234 e. The van der Waals surface area contributed by atoms with Crippen LogP contribution in [0.1, 0.15) is 49.3 Å². The normalized spacial score (nSPS) is 19.1. The SMILES string of the molecule is Cc1ccc(C)c(NC(=O)CSC2=C(C#N)[C@H](c3ccc(Cl)cc3)C3=C(CC(C)(C)CC3=O)N2)c1. The number of dihydropyridines is 1. The van der Waals surface area contributed by atoms with E-state index in [0.29, 0.717) is 34.0 Å². The molecule has 0 radical (unpaired) electrons. The van der Waals surface area contributed by atoms with Gasteiger partial charge in [-0.2, -0.15) is 5.26 Å². The Morgan fingerprint density at radius 3 is 2.60 bits per heavy atom. The highest BCUT2D eigenvalue weighted by atomic mass is 35.5. The van der Waals surface area contributed by atoms with E-state index in [9.17, 15) is 14.9 Å². The van der Waals surface area contributed by atoms with Crippen molar-refractivity contribution in [1.29, 1.82) is 5.26 Å². The number of carbonyl (C=O) groups is 2. The molecule has 1 aliphatic carbocycles. The molecule has 0 spiro atoms. The molecule has 5 nitrogen and oxygen atoms in total. The fourth-order valence-corrected chi connectivity index (χ4v) is 5.66. The minimum absolute atomic E-state index is 0.0492. The summed E-state index contributed by atoms with van der Waals surface area (Å²) in [7, 11) is 0. The lowest BCUT2D eigenvalue weighted by Crippen LogP contribution is -2.37. The number of nitriles is 1. The molecule has 1 heterocycles. The summed E-state index contributed by atoms with van der Waals surface area (Å²) in [5, 5.41) is 17.7. The van der Waals surface area contributed by atoms with Crippen LogP contribution < -0.4 is 10.6 Å². The molecule has 0 aromatic heterocycles. The van der Waals surface area contributed by atoms with Gasteiger partial charge in [0.05, 0.1) is 28.3 Å². The van der Waals surface area contributed by atoms with E-state index in [1.54, 1.807) is 12.1 Å². The molecule has 1 atom stereocenters. The van der Waals surface area contributed by atoms with E-state index in [1.165, 1.54) is 11.8 Å². The number of thioether (sulfide) groups is 1. The number of hydrogen-bond acceptors (Lipinski definition) is 5. The first kappa shape index (κ1) is 25.1. The molecule has 7 heteroatoms. The molecule has 35 heavy (non-hydrogen) atoms. The fraction of sp³-hybridized carbons (Fsp3) is 0.321. The summed E-state index contributed by atoms with van der Waals surface area (Å²) in [6.07, 6.45) is 1.12. The van der Waals surface area contributed by atoms with E-state index in [0.717, 1.165) is 28.1 Å². The topological polar surface area (TPSA) is 82.0 Å². The number of allylic oxidation sites excluding steroid dienone is 3. The van der Waals surface area contributed by atoms with Crippen LogP contribution in [-0.4, -0.2) is 17.4 Å². The number of benzene rings is 2. The van der Waals surface area contributed by atoms with Gasteiger partial charge in [0.15, 0.2) is 5.78 Å². The average Bonchev–Trinajstić information content (AvgIpc) is 2.79. The van der Waals surface area contributed by atoms with Crippen LogP contribution in [0.3, 0.4) is 0 Å². The van der Waals surface area contributed by atoms with Gasteiger partial charge in [-0.1, -0.05) is 61.5 Å². The lowest BCUT2D eigenvalue weighted by Gasteiger charge is -2.39. The van der Waals surface area contributed by atoms with Gasteiger partial charge in [0.1, 0.15) is 0 Å². The van der Waals surface area contributed by atoms with Crippen molar-refractivity contribution in [2.24, 2.45) is 5.41 Å². The van der Waals surface area contributed by atoms with Crippen LogP contribution in [0.5, 0.6) is 0 Å². The molecule has 0 unspecified atom stereocenters. The van der Waals surface area contributed by atoms with E-state index < -0.39 is 5.92 Å². The number of carbonyl (C=O) groups excluding carboxylic acids is 2. The molecule has 1 amide bonds. The second kappa shape index (κ2) is 9.93. The third-order valence-corrected chi connectivity index (χ3v) is 7.61. The minimum atomic E-state index is -0.485. The Hall–Kier alpha value is -3.01. The number of aryl methyl sites for hydroxylation is 2. The first-order chi connectivity index (χ1) is 16.6. The van der Waals surface area contributed by atoms with E-state index in [1.807, 2.05) is 44.2 Å². The van der Waals surface area contributed by atoms with Gasteiger partial charge >= 0.3 is 0 Å². The first-order valence-corrected chi connectivity index (χ1v) is 12.9. The van der Waals surface area contributed by atoms with Gasteiger partial charge in [0.25, 0.3) is 0 Å². The minimum Gasteiger partial charge on any atom is -0.352 e. The number of nitrogens with one attached hydrogen (secondary N) is 2. The number of anilines is 1. The fourth-order valence-electron chi connectivity index (χ4n) is 4.67. The van der Waals surface area contributed by atoms with Gasteiger partial charge < -0.3 is 10.6 Å². The van der Waals surface area contributed by atoms with Crippen LogP contribution in [0.4, 0.5) is 5.69 Å². The summed E-state index contributed by atoms with van der Waals surface area (Å²) < 4.78 is 0. The maximum atomic E-state index is 13.3. The summed E-state index contributed by atoms with van der Waals surface area (Å²) in [5.74, 6) is -0.457. The van der Waals surface area contributed by atoms with Crippen molar-refractivity contribution in [1.82, 2.24) is 5.32 Å². The Morgan fingerprint density at radius 2 is 1.91 bits per heavy atom. The molecular formula is C28H28ClN3O2S. The number of ketones is 1. The van der Waals surface area contributed by atoms with Crippen LogP contribution in [-0.2, 0) is 9.59 Å². The Labute approximate surface area is 215 Å². The molecular weight excluding hydrogens is 478 g/mol. The van der Waals surface area contributed by atoms with E-state index in [2.05, 4.69) is 30.6 Å². The molecule has 4 rings (SSSR count).